The first-order valence-corrected chi connectivity index (χ1v) is 3.23. The quantitative estimate of drug-likeness (QED) is 0.264. The summed E-state index contributed by atoms with van der Waals surface area (Å²) in [4.78, 5) is 9.26. The molecule has 0 heterocycles. The number of phenols is 1. The number of hydrogen-bond acceptors (Lipinski definition) is 4. The van der Waals surface area contributed by atoms with Crippen LogP contribution in [0.3, 0.4) is 0 Å². The Morgan fingerprint density at radius 1 is 1.54 bits per heavy atom. The van der Waals surface area contributed by atoms with Crippen LogP contribution < -0.4 is 34.3 Å². The topological polar surface area (TPSA) is 72.6 Å². The fourth-order valence-corrected chi connectivity index (χ4v) is 0.701. The van der Waals surface area contributed by atoms with Crippen molar-refractivity contribution in [1.82, 2.24) is 0 Å². The number of nitro groups is 1. The van der Waals surface area contributed by atoms with Crippen LogP contribution >= 0.6 is 0 Å². The number of para-hydroxylation sites is 2. The number of nitrogens with zero attached hydrogens (tertiary/aromatic N) is 1. The summed E-state index contributed by atoms with van der Waals surface area (Å²) in [5.41, 5.74) is 0. The Labute approximate surface area is 98.3 Å². The number of ether oxygens (including phenoxy) is 1. The Morgan fingerprint density at radius 3 is 2.69 bits per heavy atom. The molecule has 0 spiro atoms. The number of phenolic OH excluding ortho intramolecular Hbond substituents is 1. The van der Waals surface area contributed by atoms with E-state index in [0.29, 0.717) is 0 Å². The molecular weight excluding hydrogens is 185 g/mol. The minimum Gasteiger partial charge on any atom is -1.00 e. The molecule has 0 aliphatic heterocycles. The summed E-state index contributed by atoms with van der Waals surface area (Å²) in [6.07, 6.45) is 0. The van der Waals surface area contributed by atoms with Crippen LogP contribution in [0.25, 0.3) is 0 Å². The summed E-state index contributed by atoms with van der Waals surface area (Å²) in [7, 11) is 0. The molecule has 0 saturated heterocycles. The second-order valence-electron chi connectivity index (χ2n) is 2.07. The van der Waals surface area contributed by atoms with Gasteiger partial charge in [-0.05, 0) is 12.1 Å². The maximum Gasteiger partial charge on any atom is 1.00 e. The van der Waals surface area contributed by atoms with Gasteiger partial charge in [0.15, 0.2) is 11.5 Å². The first-order chi connectivity index (χ1) is 5.70. The average Bonchev–Trinajstić information content (AvgIpc) is 2.03. The van der Waals surface area contributed by atoms with E-state index in [0.717, 1.165) is 0 Å². The van der Waals surface area contributed by atoms with Crippen molar-refractivity contribution in [2.45, 2.75) is 0 Å². The molecule has 13 heavy (non-hydrogen) atoms. The van der Waals surface area contributed by atoms with Gasteiger partial charge in [0, 0.05) is 0 Å². The van der Waals surface area contributed by atoms with E-state index in [1.807, 2.05) is 0 Å². The van der Waals surface area contributed by atoms with Crippen molar-refractivity contribution in [2.75, 3.05) is 6.73 Å². The number of rotatable bonds is 3. The Bertz CT molecular complexity index is 297. The van der Waals surface area contributed by atoms with Gasteiger partial charge in [0.2, 0.25) is 0 Å². The summed E-state index contributed by atoms with van der Waals surface area (Å²) < 4.78 is 4.65. The number of aromatic hydroxyl groups is 1. The van der Waals surface area contributed by atoms with E-state index in [1.165, 1.54) is 12.1 Å². The van der Waals surface area contributed by atoms with Crippen LogP contribution in [-0.4, -0.2) is 16.8 Å². The molecule has 0 aliphatic carbocycles. The number of benzene rings is 1. The molecule has 0 fully saturated rings. The second kappa shape index (κ2) is 5.80. The minimum atomic E-state index is -0.641. The molecule has 6 heteroatoms. The van der Waals surface area contributed by atoms with Gasteiger partial charge >= 0.3 is 36.3 Å². The van der Waals surface area contributed by atoms with Gasteiger partial charge in [-0.1, -0.05) is 12.1 Å². The zero-order chi connectivity index (χ0) is 8.97. The molecule has 1 aromatic rings. The van der Waals surface area contributed by atoms with E-state index in [2.05, 4.69) is 4.74 Å². The molecule has 0 saturated carbocycles. The molecule has 0 unspecified atom stereocenters. The summed E-state index contributed by atoms with van der Waals surface area (Å²) in [5, 5.41) is 19.0. The van der Waals surface area contributed by atoms with Gasteiger partial charge in [0.05, 0.1) is 4.92 Å². The summed E-state index contributed by atoms with van der Waals surface area (Å²) in [5.74, 6) is 0.0218. The van der Waals surface area contributed by atoms with Crippen molar-refractivity contribution in [2.24, 2.45) is 0 Å². The van der Waals surface area contributed by atoms with Crippen molar-refractivity contribution < 1.29 is 45.8 Å². The fraction of sp³-hybridized carbons (Fsp3) is 0.143. The average molecular weight is 193 g/mol. The van der Waals surface area contributed by atoms with Crippen LogP contribution in [0.5, 0.6) is 11.5 Å². The van der Waals surface area contributed by atoms with Crippen LogP contribution in [0, 0.1) is 10.1 Å². The first kappa shape index (κ1) is 12.2. The molecule has 0 amide bonds. The molecule has 1 rings (SSSR count). The summed E-state index contributed by atoms with van der Waals surface area (Å²) in [6, 6.07) is 6.08. The normalized spacial score (nSPS) is 8.62. The molecule has 0 radical (unpaired) electrons. The second-order valence-corrected chi connectivity index (χ2v) is 2.07. The molecule has 1 aromatic carbocycles. The maximum atomic E-state index is 9.88. The van der Waals surface area contributed by atoms with Crippen LogP contribution in [0.2, 0.25) is 0 Å². The summed E-state index contributed by atoms with van der Waals surface area (Å²) in [6.45, 7) is -0.641. The molecule has 0 atom stereocenters. The van der Waals surface area contributed by atoms with Crippen molar-refractivity contribution in [3.05, 3.63) is 34.4 Å². The number of hydrogen-bond donors (Lipinski definition) is 1. The molecule has 1 N–H and O–H groups in total. The Morgan fingerprint density at radius 2 is 2.15 bits per heavy atom. The van der Waals surface area contributed by atoms with E-state index >= 15 is 0 Å². The zero-order valence-corrected chi connectivity index (χ0v) is 9.14. The maximum absolute atomic E-state index is 9.88. The van der Waals surface area contributed by atoms with Gasteiger partial charge < -0.3 is 11.3 Å². The van der Waals surface area contributed by atoms with Gasteiger partial charge in [0.25, 0.3) is 0 Å². The van der Waals surface area contributed by atoms with E-state index in [9.17, 15) is 10.1 Å². The van der Waals surface area contributed by atoms with Crippen molar-refractivity contribution in [1.29, 1.82) is 0 Å². The third kappa shape index (κ3) is 4.12. The Kier molecular flexibility index (Phi) is 5.45. The van der Waals surface area contributed by atoms with Gasteiger partial charge in [-0.3, -0.25) is 10.1 Å². The van der Waals surface area contributed by atoms with E-state index in [1.54, 1.807) is 12.1 Å². The largest absolute Gasteiger partial charge is 1.00 e. The monoisotopic (exact) mass is 193 g/mol. The Balaban J connectivity index is 0. The molecule has 0 aromatic heterocycles. The van der Waals surface area contributed by atoms with E-state index in [-0.39, 0.29) is 42.5 Å². The predicted octanol–water partition coefficient (Wildman–Crippen LogP) is -1.88. The van der Waals surface area contributed by atoms with Crippen LogP contribution in [-0.2, 0) is 0 Å². The first-order valence-electron chi connectivity index (χ1n) is 3.23. The molecular formula is C7H8NNaO4. The van der Waals surface area contributed by atoms with Crippen molar-refractivity contribution >= 4 is 0 Å². The van der Waals surface area contributed by atoms with Crippen molar-refractivity contribution in [3.8, 4) is 11.5 Å². The van der Waals surface area contributed by atoms with Gasteiger partial charge in [-0.25, -0.2) is 0 Å². The fourth-order valence-electron chi connectivity index (χ4n) is 0.701. The smallest absolute Gasteiger partial charge is 1.00 e. The zero-order valence-electron chi connectivity index (χ0n) is 8.14. The van der Waals surface area contributed by atoms with Crippen molar-refractivity contribution in [3.63, 3.8) is 0 Å². The van der Waals surface area contributed by atoms with Gasteiger partial charge in [0.1, 0.15) is 0 Å². The van der Waals surface area contributed by atoms with Crippen LogP contribution in [0.1, 0.15) is 1.43 Å². The molecule has 0 aliphatic rings. The Hall–Kier alpha value is -0.780. The summed E-state index contributed by atoms with van der Waals surface area (Å²) >= 11 is 0. The SMILES string of the molecule is O=[N+]([O-])COc1ccccc1O.[H-].[Na+]. The molecule has 66 valence electrons. The third-order valence-corrected chi connectivity index (χ3v) is 1.19. The predicted molar refractivity (Wildman–Crippen MR) is 41.7 cm³/mol. The van der Waals surface area contributed by atoms with Gasteiger partial charge in [-0.15, -0.1) is 0 Å². The minimum absolute atomic E-state index is 0. The van der Waals surface area contributed by atoms with E-state index in [4.69, 9.17) is 5.11 Å². The van der Waals surface area contributed by atoms with E-state index < -0.39 is 11.7 Å². The van der Waals surface area contributed by atoms with Crippen LogP contribution in [0.15, 0.2) is 24.3 Å². The molecule has 0 bridgehead atoms. The van der Waals surface area contributed by atoms with Gasteiger partial charge in [-0.2, -0.15) is 0 Å². The van der Waals surface area contributed by atoms with Crippen LogP contribution in [0.4, 0.5) is 0 Å². The molecule has 5 nitrogen and oxygen atoms in total. The third-order valence-electron chi connectivity index (χ3n) is 1.19. The standard InChI is InChI=1S/C7H7NO4.Na.H/c9-6-3-1-2-4-7(6)12-5-8(10)11;;/h1-4,9H,5H2;;/q;+1;-1.